The van der Waals surface area contributed by atoms with Crippen molar-refractivity contribution in [1.29, 1.82) is 0 Å². The van der Waals surface area contributed by atoms with Crippen molar-refractivity contribution >= 4 is 5.97 Å². The molecular formula is C5H9NO4. The standard InChI is InChI=1S/C5H9NO4/c6-3-4(8)2(7)1-10-5(3)9/h2-4,7-8H,1,6H2/t2-,3+,4+/m0/s1. The summed E-state index contributed by atoms with van der Waals surface area (Å²) in [6.07, 6.45) is -2.24. The van der Waals surface area contributed by atoms with Crippen LogP contribution in [0.4, 0.5) is 0 Å². The van der Waals surface area contributed by atoms with E-state index in [1.165, 1.54) is 0 Å². The van der Waals surface area contributed by atoms with Crippen LogP contribution in [0.1, 0.15) is 0 Å². The number of esters is 1. The Morgan fingerprint density at radius 1 is 1.60 bits per heavy atom. The Hall–Kier alpha value is -0.650. The van der Waals surface area contributed by atoms with E-state index in [-0.39, 0.29) is 6.61 Å². The first-order valence-electron chi connectivity index (χ1n) is 2.91. The zero-order valence-electron chi connectivity index (χ0n) is 5.23. The van der Waals surface area contributed by atoms with Crippen LogP contribution in [0.5, 0.6) is 0 Å². The molecule has 1 heterocycles. The highest BCUT2D eigenvalue weighted by Crippen LogP contribution is 2.07. The van der Waals surface area contributed by atoms with Gasteiger partial charge in [-0.1, -0.05) is 0 Å². The van der Waals surface area contributed by atoms with Gasteiger partial charge in [-0.05, 0) is 0 Å². The van der Waals surface area contributed by atoms with Gasteiger partial charge in [-0.3, -0.25) is 4.79 Å². The van der Waals surface area contributed by atoms with Crippen molar-refractivity contribution in [1.82, 2.24) is 0 Å². The fourth-order valence-corrected chi connectivity index (χ4v) is 0.741. The van der Waals surface area contributed by atoms with Crippen LogP contribution in [0.15, 0.2) is 0 Å². The number of aliphatic hydroxyl groups excluding tert-OH is 2. The molecule has 0 radical (unpaired) electrons. The molecule has 0 aromatic rings. The summed E-state index contributed by atoms with van der Waals surface area (Å²) in [6.45, 7) is -0.173. The third-order valence-corrected chi connectivity index (χ3v) is 1.43. The van der Waals surface area contributed by atoms with E-state index in [0.717, 1.165) is 0 Å². The quantitative estimate of drug-likeness (QED) is 0.332. The summed E-state index contributed by atoms with van der Waals surface area (Å²) in [5, 5.41) is 17.8. The van der Waals surface area contributed by atoms with Gasteiger partial charge in [-0.2, -0.15) is 0 Å². The minimum atomic E-state index is -1.19. The lowest BCUT2D eigenvalue weighted by molar-refractivity contribution is -0.166. The van der Waals surface area contributed by atoms with Crippen LogP contribution in [0.2, 0.25) is 0 Å². The summed E-state index contributed by atoms with van der Waals surface area (Å²) in [4.78, 5) is 10.5. The van der Waals surface area contributed by atoms with Crippen molar-refractivity contribution in [3.63, 3.8) is 0 Å². The molecule has 4 N–H and O–H groups in total. The highest BCUT2D eigenvalue weighted by Gasteiger charge is 2.35. The maximum Gasteiger partial charge on any atom is 0.325 e. The molecular weight excluding hydrogens is 138 g/mol. The maximum absolute atomic E-state index is 10.5. The van der Waals surface area contributed by atoms with Crippen molar-refractivity contribution < 1.29 is 19.7 Å². The first kappa shape index (κ1) is 7.46. The highest BCUT2D eigenvalue weighted by atomic mass is 16.5. The molecule has 5 heteroatoms. The van der Waals surface area contributed by atoms with E-state index >= 15 is 0 Å². The lowest BCUT2D eigenvalue weighted by Gasteiger charge is -2.27. The van der Waals surface area contributed by atoms with Gasteiger partial charge in [0, 0.05) is 0 Å². The van der Waals surface area contributed by atoms with E-state index in [0.29, 0.717) is 0 Å². The van der Waals surface area contributed by atoms with Crippen LogP contribution in [0, 0.1) is 0 Å². The molecule has 5 nitrogen and oxygen atoms in total. The Kier molecular flexibility index (Phi) is 1.89. The Balaban J connectivity index is 2.60. The molecule has 0 saturated carbocycles. The lowest BCUT2D eigenvalue weighted by atomic mass is 10.1. The van der Waals surface area contributed by atoms with Crippen molar-refractivity contribution in [3.05, 3.63) is 0 Å². The number of carbonyl (C=O) groups excluding carboxylic acids is 1. The molecule has 10 heavy (non-hydrogen) atoms. The van der Waals surface area contributed by atoms with Gasteiger partial charge in [-0.25, -0.2) is 0 Å². The smallest absolute Gasteiger partial charge is 0.325 e. The molecule has 58 valence electrons. The summed E-state index contributed by atoms with van der Waals surface area (Å²) in [5.41, 5.74) is 5.13. The van der Waals surface area contributed by atoms with E-state index in [1.807, 2.05) is 0 Å². The summed E-state index contributed by atoms with van der Waals surface area (Å²) in [5.74, 6) is -0.669. The van der Waals surface area contributed by atoms with Gasteiger partial charge in [-0.15, -0.1) is 0 Å². The SMILES string of the molecule is N[C@H]1C(=O)OC[C@H](O)[C@H]1O. The van der Waals surface area contributed by atoms with E-state index in [1.54, 1.807) is 0 Å². The second-order valence-corrected chi connectivity index (χ2v) is 2.21. The van der Waals surface area contributed by atoms with Crippen LogP contribution in [0.3, 0.4) is 0 Å². The topological polar surface area (TPSA) is 92.8 Å². The van der Waals surface area contributed by atoms with E-state index in [4.69, 9.17) is 15.9 Å². The molecule has 1 rings (SSSR count). The lowest BCUT2D eigenvalue weighted by Crippen LogP contribution is -2.55. The van der Waals surface area contributed by atoms with Crippen LogP contribution in [-0.2, 0) is 9.53 Å². The molecule has 0 bridgehead atoms. The molecule has 1 aliphatic heterocycles. The average molecular weight is 147 g/mol. The van der Waals surface area contributed by atoms with Crippen LogP contribution in [0.25, 0.3) is 0 Å². The second-order valence-electron chi connectivity index (χ2n) is 2.21. The van der Waals surface area contributed by atoms with Gasteiger partial charge >= 0.3 is 5.97 Å². The third-order valence-electron chi connectivity index (χ3n) is 1.43. The predicted molar refractivity (Wildman–Crippen MR) is 30.9 cm³/mol. The monoisotopic (exact) mass is 147 g/mol. The number of ether oxygens (including phenoxy) is 1. The Labute approximate surface area is 57.4 Å². The zero-order valence-corrected chi connectivity index (χ0v) is 5.23. The van der Waals surface area contributed by atoms with E-state index in [2.05, 4.69) is 4.74 Å². The van der Waals surface area contributed by atoms with Crippen LogP contribution >= 0.6 is 0 Å². The fraction of sp³-hybridized carbons (Fsp3) is 0.800. The largest absolute Gasteiger partial charge is 0.462 e. The number of hydrogen-bond acceptors (Lipinski definition) is 5. The Morgan fingerprint density at radius 3 is 2.70 bits per heavy atom. The fourth-order valence-electron chi connectivity index (χ4n) is 0.741. The summed E-state index contributed by atoms with van der Waals surface area (Å²) in [6, 6.07) is -1.11. The van der Waals surface area contributed by atoms with Crippen LogP contribution < -0.4 is 5.73 Å². The predicted octanol–water partition coefficient (Wildman–Crippen LogP) is -2.41. The number of cyclic esters (lactones) is 1. The number of carbonyl (C=O) groups is 1. The number of hydrogen-bond donors (Lipinski definition) is 3. The molecule has 0 aliphatic carbocycles. The summed E-state index contributed by atoms with van der Waals surface area (Å²) in [7, 11) is 0. The number of nitrogens with two attached hydrogens (primary N) is 1. The molecule has 0 spiro atoms. The van der Waals surface area contributed by atoms with Gasteiger partial charge in [0.2, 0.25) is 0 Å². The number of rotatable bonds is 0. The van der Waals surface area contributed by atoms with Crippen molar-refractivity contribution in [2.75, 3.05) is 6.61 Å². The Bertz CT molecular complexity index is 149. The van der Waals surface area contributed by atoms with Crippen LogP contribution in [-0.4, -0.2) is 41.0 Å². The minimum Gasteiger partial charge on any atom is -0.462 e. The van der Waals surface area contributed by atoms with Crippen molar-refractivity contribution in [2.45, 2.75) is 18.2 Å². The zero-order chi connectivity index (χ0) is 7.72. The first-order chi connectivity index (χ1) is 4.63. The molecule has 0 amide bonds. The summed E-state index contributed by atoms with van der Waals surface area (Å²) >= 11 is 0. The molecule has 1 fully saturated rings. The van der Waals surface area contributed by atoms with Gasteiger partial charge in [0.25, 0.3) is 0 Å². The summed E-state index contributed by atoms with van der Waals surface area (Å²) < 4.78 is 4.40. The molecule has 0 unspecified atom stereocenters. The van der Waals surface area contributed by atoms with Crippen molar-refractivity contribution in [2.24, 2.45) is 5.73 Å². The number of aliphatic hydroxyl groups is 2. The Morgan fingerprint density at radius 2 is 2.20 bits per heavy atom. The third kappa shape index (κ3) is 1.11. The molecule has 0 aromatic heterocycles. The van der Waals surface area contributed by atoms with Gasteiger partial charge in [0.05, 0.1) is 0 Å². The van der Waals surface area contributed by atoms with E-state index in [9.17, 15) is 4.79 Å². The highest BCUT2D eigenvalue weighted by molar-refractivity contribution is 5.77. The van der Waals surface area contributed by atoms with Crippen molar-refractivity contribution in [3.8, 4) is 0 Å². The molecule has 1 aliphatic rings. The van der Waals surface area contributed by atoms with Gasteiger partial charge in [0.1, 0.15) is 24.9 Å². The maximum atomic E-state index is 10.5. The molecule has 0 aromatic carbocycles. The normalized spacial score (nSPS) is 41.1. The molecule has 3 atom stereocenters. The average Bonchev–Trinajstić information content (AvgIpc) is 1.93. The van der Waals surface area contributed by atoms with E-state index < -0.39 is 24.2 Å². The van der Waals surface area contributed by atoms with Gasteiger partial charge in [0.15, 0.2) is 0 Å². The van der Waals surface area contributed by atoms with Gasteiger partial charge < -0.3 is 20.7 Å². The minimum absolute atomic E-state index is 0.173. The second kappa shape index (κ2) is 2.53. The first-order valence-corrected chi connectivity index (χ1v) is 2.91. The molecule has 1 saturated heterocycles.